The number of methoxy groups -OCH3 is 1. The van der Waals surface area contributed by atoms with Crippen molar-refractivity contribution in [2.75, 3.05) is 7.11 Å². The second-order valence-electron chi connectivity index (χ2n) is 7.07. The Morgan fingerprint density at radius 2 is 1.40 bits per heavy atom. The molecule has 0 aromatic rings. The molecule has 0 aliphatic heterocycles. The lowest BCUT2D eigenvalue weighted by atomic mass is 9.77. The van der Waals surface area contributed by atoms with E-state index in [0.29, 0.717) is 6.10 Å². The average Bonchev–Trinajstić information content (AvgIpc) is 2.52. The molecular formula is C19H34O. The fourth-order valence-electron chi connectivity index (χ4n) is 4.13. The first-order chi connectivity index (χ1) is 9.81. The van der Waals surface area contributed by atoms with E-state index in [1.165, 1.54) is 70.6 Å². The average molecular weight is 278 g/mol. The van der Waals surface area contributed by atoms with E-state index in [2.05, 4.69) is 19.1 Å². The topological polar surface area (TPSA) is 9.23 Å². The third-order valence-corrected chi connectivity index (χ3v) is 5.65. The van der Waals surface area contributed by atoms with E-state index >= 15 is 0 Å². The molecule has 0 unspecified atom stereocenters. The first-order valence-electron chi connectivity index (χ1n) is 9.01. The molecule has 2 saturated carbocycles. The first kappa shape index (κ1) is 16.1. The fraction of sp³-hybridized carbons (Fsp3) is 0.895. The molecule has 2 aliphatic rings. The number of rotatable bonds is 6. The molecule has 0 radical (unpaired) electrons. The summed E-state index contributed by atoms with van der Waals surface area (Å²) in [4.78, 5) is 0. The summed E-state index contributed by atoms with van der Waals surface area (Å²) in [6.07, 6.45) is 20.8. The van der Waals surface area contributed by atoms with Crippen LogP contribution in [0.3, 0.4) is 0 Å². The Kier molecular flexibility index (Phi) is 7.13. The molecule has 0 bridgehead atoms. The minimum Gasteiger partial charge on any atom is -0.381 e. The van der Waals surface area contributed by atoms with Crippen LogP contribution in [0.25, 0.3) is 0 Å². The number of ether oxygens (including phenoxy) is 1. The van der Waals surface area contributed by atoms with Crippen LogP contribution in [-0.2, 0) is 4.74 Å². The van der Waals surface area contributed by atoms with Crippen LogP contribution in [0.15, 0.2) is 12.2 Å². The SMILES string of the molecule is CCC=C[C@H]1CC[C@H](CC[C@H]2CC[C@H](OC)CC2)CC1. The molecule has 1 heteroatoms. The molecule has 116 valence electrons. The molecule has 0 amide bonds. The van der Waals surface area contributed by atoms with Gasteiger partial charge >= 0.3 is 0 Å². The largest absolute Gasteiger partial charge is 0.381 e. The van der Waals surface area contributed by atoms with Gasteiger partial charge in [-0.3, -0.25) is 0 Å². The van der Waals surface area contributed by atoms with Crippen molar-refractivity contribution in [1.82, 2.24) is 0 Å². The highest BCUT2D eigenvalue weighted by Gasteiger charge is 2.23. The predicted octanol–water partition coefficient (Wildman–Crippen LogP) is 5.74. The van der Waals surface area contributed by atoms with Crippen molar-refractivity contribution >= 4 is 0 Å². The molecule has 2 fully saturated rings. The molecule has 2 rings (SSSR count). The summed E-state index contributed by atoms with van der Waals surface area (Å²) in [5.74, 6) is 2.92. The standard InChI is InChI=1S/C19H34O/c1-3-4-5-16-6-8-17(9-7-16)10-11-18-12-14-19(20-2)15-13-18/h4-5,16-19H,3,6-15H2,1-2H3/t16-,17-,18-,19-. The van der Waals surface area contributed by atoms with Crippen LogP contribution in [0, 0.1) is 17.8 Å². The molecule has 0 heterocycles. The van der Waals surface area contributed by atoms with Gasteiger partial charge in [0.05, 0.1) is 6.10 Å². The van der Waals surface area contributed by atoms with E-state index < -0.39 is 0 Å². The van der Waals surface area contributed by atoms with Crippen LogP contribution < -0.4 is 0 Å². The number of hydrogen-bond acceptors (Lipinski definition) is 1. The Morgan fingerprint density at radius 1 is 0.850 bits per heavy atom. The zero-order chi connectivity index (χ0) is 14.2. The van der Waals surface area contributed by atoms with Crippen molar-refractivity contribution in [3.8, 4) is 0 Å². The maximum Gasteiger partial charge on any atom is 0.0571 e. The summed E-state index contributed by atoms with van der Waals surface area (Å²) >= 11 is 0. The van der Waals surface area contributed by atoms with Crippen molar-refractivity contribution in [3.63, 3.8) is 0 Å². The maximum atomic E-state index is 5.47. The van der Waals surface area contributed by atoms with Crippen molar-refractivity contribution < 1.29 is 4.74 Å². The second kappa shape index (κ2) is 8.87. The zero-order valence-electron chi connectivity index (χ0n) is 13.7. The van der Waals surface area contributed by atoms with Gasteiger partial charge in [0.15, 0.2) is 0 Å². The Labute approximate surface area is 126 Å². The lowest BCUT2D eigenvalue weighted by molar-refractivity contribution is 0.0541. The minimum absolute atomic E-state index is 0.562. The molecular weight excluding hydrogens is 244 g/mol. The summed E-state index contributed by atoms with van der Waals surface area (Å²) < 4.78 is 5.47. The van der Waals surface area contributed by atoms with Crippen molar-refractivity contribution in [3.05, 3.63) is 12.2 Å². The number of hydrogen-bond donors (Lipinski definition) is 0. The summed E-state index contributed by atoms with van der Waals surface area (Å²) in [6, 6.07) is 0. The van der Waals surface area contributed by atoms with Gasteiger partial charge in [-0.2, -0.15) is 0 Å². The third kappa shape index (κ3) is 5.24. The van der Waals surface area contributed by atoms with Crippen molar-refractivity contribution in [1.29, 1.82) is 0 Å². The molecule has 2 aliphatic carbocycles. The van der Waals surface area contributed by atoms with Gasteiger partial charge in [-0.15, -0.1) is 0 Å². The van der Waals surface area contributed by atoms with Crippen LogP contribution >= 0.6 is 0 Å². The third-order valence-electron chi connectivity index (χ3n) is 5.65. The summed E-state index contributed by atoms with van der Waals surface area (Å²) in [5, 5.41) is 0. The lowest BCUT2D eigenvalue weighted by Gasteiger charge is -2.31. The molecule has 0 aromatic heterocycles. The summed E-state index contributed by atoms with van der Waals surface area (Å²) in [6.45, 7) is 2.24. The van der Waals surface area contributed by atoms with Crippen LogP contribution in [0.2, 0.25) is 0 Å². The Morgan fingerprint density at radius 3 is 1.90 bits per heavy atom. The second-order valence-corrected chi connectivity index (χ2v) is 7.07. The van der Waals surface area contributed by atoms with Crippen LogP contribution in [0.4, 0.5) is 0 Å². The van der Waals surface area contributed by atoms with Crippen molar-refractivity contribution in [2.24, 2.45) is 17.8 Å². The molecule has 0 atom stereocenters. The highest BCUT2D eigenvalue weighted by Crippen LogP contribution is 2.36. The maximum absolute atomic E-state index is 5.47. The lowest BCUT2D eigenvalue weighted by Crippen LogP contribution is -2.21. The van der Waals surface area contributed by atoms with Crippen LogP contribution in [-0.4, -0.2) is 13.2 Å². The van der Waals surface area contributed by atoms with E-state index in [1.54, 1.807) is 0 Å². The van der Waals surface area contributed by atoms with Gasteiger partial charge in [-0.05, 0) is 75.5 Å². The fourth-order valence-corrected chi connectivity index (χ4v) is 4.13. The van der Waals surface area contributed by atoms with E-state index in [9.17, 15) is 0 Å². The van der Waals surface area contributed by atoms with E-state index in [0.717, 1.165) is 17.8 Å². The molecule has 1 nitrogen and oxygen atoms in total. The van der Waals surface area contributed by atoms with E-state index in [1.807, 2.05) is 7.11 Å². The van der Waals surface area contributed by atoms with Gasteiger partial charge in [0, 0.05) is 7.11 Å². The summed E-state index contributed by atoms with van der Waals surface area (Å²) in [7, 11) is 1.87. The molecule has 0 spiro atoms. The highest BCUT2D eigenvalue weighted by atomic mass is 16.5. The highest BCUT2D eigenvalue weighted by molar-refractivity contribution is 4.90. The van der Waals surface area contributed by atoms with Gasteiger partial charge in [-0.1, -0.05) is 31.9 Å². The van der Waals surface area contributed by atoms with E-state index in [4.69, 9.17) is 4.74 Å². The quantitative estimate of drug-likeness (QED) is 0.562. The number of allylic oxidation sites excluding steroid dienone is 2. The summed E-state index contributed by atoms with van der Waals surface area (Å²) in [5.41, 5.74) is 0. The Bertz CT molecular complexity index is 267. The zero-order valence-corrected chi connectivity index (χ0v) is 13.7. The van der Waals surface area contributed by atoms with Gasteiger partial charge in [0.1, 0.15) is 0 Å². The van der Waals surface area contributed by atoms with Crippen LogP contribution in [0.1, 0.15) is 77.6 Å². The first-order valence-corrected chi connectivity index (χ1v) is 9.01. The Balaban J connectivity index is 1.58. The van der Waals surface area contributed by atoms with Gasteiger partial charge < -0.3 is 4.74 Å². The van der Waals surface area contributed by atoms with Gasteiger partial charge in [-0.25, -0.2) is 0 Å². The minimum atomic E-state index is 0.562. The normalized spacial score (nSPS) is 35.5. The predicted molar refractivity (Wildman–Crippen MR) is 86.9 cm³/mol. The smallest absolute Gasteiger partial charge is 0.0571 e. The molecule has 0 saturated heterocycles. The molecule has 0 N–H and O–H groups in total. The van der Waals surface area contributed by atoms with Gasteiger partial charge in [0.2, 0.25) is 0 Å². The molecule has 20 heavy (non-hydrogen) atoms. The molecule has 0 aromatic carbocycles. The van der Waals surface area contributed by atoms with E-state index in [-0.39, 0.29) is 0 Å². The van der Waals surface area contributed by atoms with Crippen molar-refractivity contribution in [2.45, 2.75) is 83.7 Å². The van der Waals surface area contributed by atoms with Crippen LogP contribution in [0.5, 0.6) is 0 Å². The van der Waals surface area contributed by atoms with Gasteiger partial charge in [0.25, 0.3) is 0 Å². The Hall–Kier alpha value is -0.300. The monoisotopic (exact) mass is 278 g/mol.